The zero-order valence-corrected chi connectivity index (χ0v) is 12.1. The van der Waals surface area contributed by atoms with Crippen LogP contribution in [0.3, 0.4) is 0 Å². The molecule has 6 nitrogen and oxygen atoms in total. The highest BCUT2D eigenvalue weighted by atomic mass is 32.1. The van der Waals surface area contributed by atoms with Crippen molar-refractivity contribution < 1.29 is 18.7 Å². The maximum atomic E-state index is 12.4. The number of carbonyl (C=O) groups is 1. The van der Waals surface area contributed by atoms with E-state index in [0.717, 1.165) is 16.2 Å². The predicted octanol–water partition coefficient (Wildman–Crippen LogP) is 1.25. The first-order chi connectivity index (χ1) is 9.35. The van der Waals surface area contributed by atoms with Gasteiger partial charge in [0.05, 0.1) is 13.2 Å². The number of anilines is 2. The van der Waals surface area contributed by atoms with Crippen LogP contribution >= 0.6 is 11.3 Å². The van der Waals surface area contributed by atoms with Gasteiger partial charge in [-0.25, -0.2) is 13.8 Å². The molecule has 0 saturated heterocycles. The van der Waals surface area contributed by atoms with Gasteiger partial charge in [0.2, 0.25) is 0 Å². The molecule has 1 rings (SSSR count). The van der Waals surface area contributed by atoms with Gasteiger partial charge in [0, 0.05) is 12.6 Å². The van der Waals surface area contributed by atoms with Crippen molar-refractivity contribution in [2.75, 3.05) is 30.7 Å². The van der Waals surface area contributed by atoms with Gasteiger partial charge in [-0.1, -0.05) is 11.3 Å². The zero-order chi connectivity index (χ0) is 15.3. The van der Waals surface area contributed by atoms with Crippen LogP contribution in [0.1, 0.15) is 23.5 Å². The van der Waals surface area contributed by atoms with Crippen LogP contribution in [0.4, 0.5) is 19.7 Å². The number of thiazole rings is 1. The molecule has 0 aliphatic heterocycles. The first-order valence-electron chi connectivity index (χ1n) is 6.06. The molecule has 1 aromatic rings. The van der Waals surface area contributed by atoms with E-state index in [1.165, 1.54) is 0 Å². The van der Waals surface area contributed by atoms with Crippen molar-refractivity contribution in [3.63, 3.8) is 0 Å². The Balaban J connectivity index is 2.90. The van der Waals surface area contributed by atoms with Crippen molar-refractivity contribution in [2.45, 2.75) is 26.3 Å². The summed E-state index contributed by atoms with van der Waals surface area (Å²) in [6, 6.07) is 0.109. The van der Waals surface area contributed by atoms with Crippen molar-refractivity contribution in [1.82, 2.24) is 9.88 Å². The summed E-state index contributed by atoms with van der Waals surface area (Å²) in [6.45, 7) is 2.48. The number of nitrogens with one attached hydrogen (secondary N) is 1. The number of nitrogens with two attached hydrogens (primary N) is 1. The molecule has 0 aliphatic rings. The number of nitrogen functional groups attached to an aromatic ring is 1. The van der Waals surface area contributed by atoms with Gasteiger partial charge in [0.25, 0.3) is 12.3 Å². The van der Waals surface area contributed by atoms with Crippen molar-refractivity contribution in [2.24, 2.45) is 0 Å². The smallest absolute Gasteiger partial charge is 0.268 e. The Hall–Kier alpha value is -1.48. The second-order valence-corrected chi connectivity index (χ2v) is 5.40. The topological polar surface area (TPSA) is 91.5 Å². The highest BCUT2D eigenvalue weighted by molar-refractivity contribution is 7.18. The summed E-state index contributed by atoms with van der Waals surface area (Å²) in [5.41, 5.74) is 5.64. The van der Waals surface area contributed by atoms with E-state index in [1.807, 2.05) is 13.8 Å². The Morgan fingerprint density at radius 2 is 2.20 bits per heavy atom. The van der Waals surface area contributed by atoms with Gasteiger partial charge in [-0.3, -0.25) is 4.79 Å². The Kier molecular flexibility index (Phi) is 6.08. The number of hydrogen-bond donors (Lipinski definition) is 3. The standard InChI is InChI=1S/C11H18F2N4O2S/c1-6(2)15-11-16-9(14)8(20-11)10(19)17(3-4-18)5-7(12)13/h6-7,18H,3-5,14H2,1-2H3,(H,15,16). The fraction of sp³-hybridized carbons (Fsp3) is 0.636. The van der Waals surface area contributed by atoms with Crippen LogP contribution in [0.2, 0.25) is 0 Å². The minimum Gasteiger partial charge on any atom is -0.395 e. The van der Waals surface area contributed by atoms with Crippen LogP contribution in [-0.4, -0.2) is 53.1 Å². The van der Waals surface area contributed by atoms with Crippen LogP contribution in [0.15, 0.2) is 0 Å². The molecular weight excluding hydrogens is 290 g/mol. The molecule has 20 heavy (non-hydrogen) atoms. The lowest BCUT2D eigenvalue weighted by molar-refractivity contribution is 0.0514. The van der Waals surface area contributed by atoms with Crippen LogP contribution in [0.5, 0.6) is 0 Å². The number of aromatic nitrogens is 1. The summed E-state index contributed by atoms with van der Waals surface area (Å²) in [5.74, 6) is -0.647. The van der Waals surface area contributed by atoms with E-state index in [4.69, 9.17) is 10.8 Å². The van der Waals surface area contributed by atoms with Gasteiger partial charge in [-0.05, 0) is 13.8 Å². The lowest BCUT2D eigenvalue weighted by atomic mass is 10.4. The summed E-state index contributed by atoms with van der Waals surface area (Å²) in [4.78, 5) is 17.1. The van der Waals surface area contributed by atoms with Gasteiger partial charge in [-0.2, -0.15) is 0 Å². The molecule has 0 unspecified atom stereocenters. The molecule has 9 heteroatoms. The molecule has 1 amide bonds. The highest BCUT2D eigenvalue weighted by Gasteiger charge is 2.24. The van der Waals surface area contributed by atoms with Crippen molar-refractivity contribution >= 4 is 28.2 Å². The Morgan fingerprint density at radius 1 is 1.55 bits per heavy atom. The summed E-state index contributed by atoms with van der Waals surface area (Å²) < 4.78 is 24.9. The van der Waals surface area contributed by atoms with Crippen molar-refractivity contribution in [1.29, 1.82) is 0 Å². The van der Waals surface area contributed by atoms with Crippen LogP contribution in [0.25, 0.3) is 0 Å². The van der Waals surface area contributed by atoms with Gasteiger partial charge in [-0.15, -0.1) is 0 Å². The Labute approximate surface area is 119 Å². The second-order valence-electron chi connectivity index (χ2n) is 4.40. The van der Waals surface area contributed by atoms with Gasteiger partial charge >= 0.3 is 0 Å². The quantitative estimate of drug-likeness (QED) is 0.705. The number of carbonyl (C=O) groups excluding carboxylic acids is 1. The average Bonchev–Trinajstić information content (AvgIpc) is 2.67. The molecule has 0 saturated carbocycles. The molecule has 0 aromatic carbocycles. The van der Waals surface area contributed by atoms with E-state index < -0.39 is 25.5 Å². The predicted molar refractivity (Wildman–Crippen MR) is 74.3 cm³/mol. The lowest BCUT2D eigenvalue weighted by Gasteiger charge is -2.20. The SMILES string of the molecule is CC(C)Nc1nc(N)c(C(=O)N(CCO)CC(F)F)s1. The molecule has 0 spiro atoms. The number of aliphatic hydroxyl groups excluding tert-OH is 1. The minimum atomic E-state index is -2.67. The first kappa shape index (κ1) is 16.6. The number of amides is 1. The molecule has 0 fully saturated rings. The number of halogens is 2. The monoisotopic (exact) mass is 308 g/mol. The fourth-order valence-electron chi connectivity index (χ4n) is 1.50. The normalized spacial score (nSPS) is 11.2. The van der Waals surface area contributed by atoms with Crippen LogP contribution < -0.4 is 11.1 Å². The summed E-state index contributed by atoms with van der Waals surface area (Å²) in [7, 11) is 0. The van der Waals surface area contributed by atoms with Crippen LogP contribution in [-0.2, 0) is 0 Å². The second kappa shape index (κ2) is 7.34. The maximum absolute atomic E-state index is 12.4. The molecule has 114 valence electrons. The first-order valence-corrected chi connectivity index (χ1v) is 6.88. The molecule has 1 aromatic heterocycles. The number of rotatable bonds is 7. The Bertz CT molecular complexity index is 454. The van der Waals surface area contributed by atoms with Crippen molar-refractivity contribution in [3.05, 3.63) is 4.88 Å². The summed E-state index contributed by atoms with van der Waals surface area (Å²) in [5, 5.41) is 12.3. The van der Waals surface area contributed by atoms with E-state index in [2.05, 4.69) is 10.3 Å². The third kappa shape index (κ3) is 4.57. The largest absolute Gasteiger partial charge is 0.395 e. The number of alkyl halides is 2. The minimum absolute atomic E-state index is 0.000330. The highest BCUT2D eigenvalue weighted by Crippen LogP contribution is 2.27. The van der Waals surface area contributed by atoms with E-state index in [0.29, 0.717) is 5.13 Å². The van der Waals surface area contributed by atoms with Crippen molar-refractivity contribution in [3.8, 4) is 0 Å². The fourth-order valence-corrected chi connectivity index (χ4v) is 2.50. The molecular formula is C11H18F2N4O2S. The van der Waals surface area contributed by atoms with E-state index in [1.54, 1.807) is 0 Å². The lowest BCUT2D eigenvalue weighted by Crippen LogP contribution is -2.37. The van der Waals surface area contributed by atoms with Gasteiger partial charge in [0.1, 0.15) is 10.7 Å². The van der Waals surface area contributed by atoms with E-state index in [9.17, 15) is 13.6 Å². The molecule has 0 radical (unpaired) electrons. The maximum Gasteiger partial charge on any atom is 0.268 e. The number of hydrogen-bond acceptors (Lipinski definition) is 6. The van der Waals surface area contributed by atoms with E-state index >= 15 is 0 Å². The van der Waals surface area contributed by atoms with Gasteiger partial charge < -0.3 is 21.1 Å². The molecule has 0 atom stereocenters. The van der Waals surface area contributed by atoms with Gasteiger partial charge in [0.15, 0.2) is 5.13 Å². The zero-order valence-electron chi connectivity index (χ0n) is 11.3. The van der Waals surface area contributed by atoms with Crippen LogP contribution in [0, 0.1) is 0 Å². The molecule has 4 N–H and O–H groups in total. The molecule has 1 heterocycles. The average molecular weight is 308 g/mol. The number of nitrogens with zero attached hydrogens (tertiary/aromatic N) is 2. The summed E-state index contributed by atoms with van der Waals surface area (Å²) in [6.07, 6.45) is -2.67. The third-order valence-corrected chi connectivity index (χ3v) is 3.27. The number of aliphatic hydroxyl groups is 1. The Morgan fingerprint density at radius 3 is 2.70 bits per heavy atom. The van der Waals surface area contributed by atoms with E-state index in [-0.39, 0.29) is 23.3 Å². The molecule has 0 bridgehead atoms. The summed E-state index contributed by atoms with van der Waals surface area (Å²) >= 11 is 1.01. The molecule has 0 aliphatic carbocycles. The third-order valence-electron chi connectivity index (χ3n) is 2.28.